The first-order valence-corrected chi connectivity index (χ1v) is 6.44. The zero-order valence-electron chi connectivity index (χ0n) is 10.5. The molecule has 92 valence electrons. The van der Waals surface area contributed by atoms with Crippen LogP contribution in [-0.4, -0.2) is 57.8 Å². The number of nitrogens with zero attached hydrogens (tertiary/aromatic N) is 2. The quantitative estimate of drug-likeness (QED) is 0.706. The van der Waals surface area contributed by atoms with Crippen LogP contribution in [-0.2, 0) is 10.2 Å². The first kappa shape index (κ1) is 14.8. The summed E-state index contributed by atoms with van der Waals surface area (Å²) >= 11 is 0. The standard InChI is InChI=1S/C9H23N3O2S/c1-8(2)9(10-3)7-12(6)15(13,14)11(4)5/h8-10H,7H2,1-6H3/t9-/m1/s1. The molecule has 0 bridgehead atoms. The van der Waals surface area contributed by atoms with Crippen molar-refractivity contribution in [1.29, 1.82) is 0 Å². The molecule has 1 atom stereocenters. The Kier molecular flexibility index (Phi) is 5.72. The molecule has 6 heteroatoms. The van der Waals surface area contributed by atoms with Crippen LogP contribution in [0.5, 0.6) is 0 Å². The van der Waals surface area contributed by atoms with E-state index in [1.807, 2.05) is 7.05 Å². The SMILES string of the molecule is CN[C@H](CN(C)S(=O)(=O)N(C)C)C(C)C. The monoisotopic (exact) mass is 237 g/mol. The molecule has 0 amide bonds. The molecule has 0 spiro atoms. The van der Waals surface area contributed by atoms with Crippen molar-refractivity contribution in [3.63, 3.8) is 0 Å². The van der Waals surface area contributed by atoms with E-state index in [-0.39, 0.29) is 6.04 Å². The normalized spacial score (nSPS) is 15.3. The molecule has 0 saturated carbocycles. The maximum atomic E-state index is 11.7. The topological polar surface area (TPSA) is 52.7 Å². The molecule has 0 rings (SSSR count). The molecule has 0 aromatic heterocycles. The number of hydrogen-bond acceptors (Lipinski definition) is 3. The van der Waals surface area contributed by atoms with Gasteiger partial charge >= 0.3 is 0 Å². The fraction of sp³-hybridized carbons (Fsp3) is 1.00. The number of hydrogen-bond donors (Lipinski definition) is 1. The molecule has 0 unspecified atom stereocenters. The molecular weight excluding hydrogens is 214 g/mol. The van der Waals surface area contributed by atoms with Gasteiger partial charge in [-0.25, -0.2) is 0 Å². The molecule has 15 heavy (non-hydrogen) atoms. The first-order valence-electron chi connectivity index (χ1n) is 5.04. The second-order valence-electron chi connectivity index (χ2n) is 4.21. The van der Waals surface area contributed by atoms with Crippen LogP contribution in [0.15, 0.2) is 0 Å². The van der Waals surface area contributed by atoms with Crippen LogP contribution in [0, 0.1) is 5.92 Å². The van der Waals surface area contributed by atoms with Gasteiger partial charge in [-0.15, -0.1) is 0 Å². The maximum Gasteiger partial charge on any atom is 0.281 e. The Morgan fingerprint density at radius 3 is 1.93 bits per heavy atom. The van der Waals surface area contributed by atoms with Crippen LogP contribution >= 0.6 is 0 Å². The predicted molar refractivity (Wildman–Crippen MR) is 62.9 cm³/mol. The van der Waals surface area contributed by atoms with E-state index in [9.17, 15) is 8.42 Å². The maximum absolute atomic E-state index is 11.7. The van der Waals surface area contributed by atoms with Crippen molar-refractivity contribution in [1.82, 2.24) is 13.9 Å². The van der Waals surface area contributed by atoms with Gasteiger partial charge in [0.15, 0.2) is 0 Å². The average Bonchev–Trinajstić information content (AvgIpc) is 2.12. The van der Waals surface area contributed by atoms with Crippen molar-refractivity contribution in [2.75, 3.05) is 34.7 Å². The Morgan fingerprint density at radius 2 is 1.67 bits per heavy atom. The van der Waals surface area contributed by atoms with E-state index in [1.54, 1.807) is 7.05 Å². The van der Waals surface area contributed by atoms with Gasteiger partial charge in [0.2, 0.25) is 0 Å². The molecule has 0 aromatic carbocycles. The summed E-state index contributed by atoms with van der Waals surface area (Å²) in [5, 5.41) is 3.12. The predicted octanol–water partition coefficient (Wildman–Crippen LogP) is -0.0314. The third-order valence-corrected chi connectivity index (χ3v) is 4.34. The van der Waals surface area contributed by atoms with Crippen molar-refractivity contribution in [2.24, 2.45) is 5.92 Å². The summed E-state index contributed by atoms with van der Waals surface area (Å²) in [4.78, 5) is 0. The van der Waals surface area contributed by atoms with E-state index in [1.165, 1.54) is 22.7 Å². The van der Waals surface area contributed by atoms with Crippen molar-refractivity contribution in [3.05, 3.63) is 0 Å². The molecule has 0 aromatic rings. The van der Waals surface area contributed by atoms with Crippen molar-refractivity contribution < 1.29 is 8.42 Å². The van der Waals surface area contributed by atoms with Crippen LogP contribution in [0.2, 0.25) is 0 Å². The molecule has 0 heterocycles. The molecule has 0 aliphatic carbocycles. The van der Waals surface area contributed by atoms with Gasteiger partial charge in [-0.2, -0.15) is 17.0 Å². The van der Waals surface area contributed by atoms with Crippen LogP contribution in [0.25, 0.3) is 0 Å². The summed E-state index contributed by atoms with van der Waals surface area (Å²) in [5.74, 6) is 0.398. The van der Waals surface area contributed by atoms with Gasteiger partial charge in [-0.05, 0) is 13.0 Å². The van der Waals surface area contributed by atoms with Crippen LogP contribution in [0.4, 0.5) is 0 Å². The minimum absolute atomic E-state index is 0.171. The van der Waals surface area contributed by atoms with E-state index in [4.69, 9.17) is 0 Å². The molecule has 0 aliphatic heterocycles. The Labute approximate surface area is 93.6 Å². The molecule has 5 nitrogen and oxygen atoms in total. The van der Waals surface area contributed by atoms with Crippen LogP contribution < -0.4 is 5.32 Å². The number of nitrogens with one attached hydrogen (secondary N) is 1. The average molecular weight is 237 g/mol. The Bertz CT molecular complexity index is 275. The van der Waals surface area contributed by atoms with Gasteiger partial charge in [0.25, 0.3) is 10.2 Å². The van der Waals surface area contributed by atoms with Gasteiger partial charge in [-0.1, -0.05) is 13.8 Å². The van der Waals surface area contributed by atoms with Crippen molar-refractivity contribution in [2.45, 2.75) is 19.9 Å². The smallest absolute Gasteiger partial charge is 0.281 e. The summed E-state index contributed by atoms with van der Waals surface area (Å²) in [6, 6.07) is 0.171. The summed E-state index contributed by atoms with van der Waals surface area (Å²) in [7, 11) is 3.23. The first-order chi connectivity index (χ1) is 6.73. The summed E-state index contributed by atoms with van der Waals surface area (Å²) < 4.78 is 26.0. The molecule has 1 N–H and O–H groups in total. The third-order valence-electron chi connectivity index (χ3n) is 2.48. The summed E-state index contributed by atoms with van der Waals surface area (Å²) in [6.45, 7) is 4.61. The Hall–Kier alpha value is -0.170. The zero-order chi connectivity index (χ0) is 12.2. The van der Waals surface area contributed by atoms with E-state index in [0.29, 0.717) is 12.5 Å². The van der Waals surface area contributed by atoms with Gasteiger partial charge in [-0.3, -0.25) is 0 Å². The van der Waals surface area contributed by atoms with E-state index in [2.05, 4.69) is 19.2 Å². The Balaban J connectivity index is 4.55. The lowest BCUT2D eigenvalue weighted by atomic mass is 10.1. The fourth-order valence-corrected chi connectivity index (χ4v) is 2.19. The van der Waals surface area contributed by atoms with Crippen molar-refractivity contribution in [3.8, 4) is 0 Å². The highest BCUT2D eigenvalue weighted by Gasteiger charge is 2.24. The highest BCUT2D eigenvalue weighted by Crippen LogP contribution is 2.07. The van der Waals surface area contributed by atoms with E-state index >= 15 is 0 Å². The van der Waals surface area contributed by atoms with Gasteiger partial charge < -0.3 is 5.32 Å². The minimum Gasteiger partial charge on any atom is -0.315 e. The lowest BCUT2D eigenvalue weighted by Gasteiger charge is -2.27. The van der Waals surface area contributed by atoms with Gasteiger partial charge in [0.1, 0.15) is 0 Å². The molecule has 0 saturated heterocycles. The highest BCUT2D eigenvalue weighted by molar-refractivity contribution is 7.86. The zero-order valence-corrected chi connectivity index (χ0v) is 11.3. The summed E-state index contributed by atoms with van der Waals surface area (Å²) in [6.07, 6.45) is 0. The van der Waals surface area contributed by atoms with Crippen molar-refractivity contribution >= 4 is 10.2 Å². The lowest BCUT2D eigenvalue weighted by molar-refractivity contribution is 0.331. The highest BCUT2D eigenvalue weighted by atomic mass is 32.2. The second kappa shape index (κ2) is 5.79. The van der Waals surface area contributed by atoms with Gasteiger partial charge in [0.05, 0.1) is 0 Å². The third kappa shape index (κ3) is 4.06. The van der Waals surface area contributed by atoms with Crippen LogP contribution in [0.3, 0.4) is 0 Å². The molecular formula is C9H23N3O2S. The van der Waals surface area contributed by atoms with Crippen LogP contribution in [0.1, 0.15) is 13.8 Å². The molecule has 0 aliphatic rings. The fourth-order valence-electron chi connectivity index (χ4n) is 1.29. The van der Waals surface area contributed by atoms with E-state index < -0.39 is 10.2 Å². The largest absolute Gasteiger partial charge is 0.315 e. The number of rotatable bonds is 6. The molecule has 0 fully saturated rings. The second-order valence-corrected chi connectivity index (χ2v) is 6.46. The summed E-state index contributed by atoms with van der Waals surface area (Å²) in [5.41, 5.74) is 0. The Morgan fingerprint density at radius 1 is 1.20 bits per heavy atom. The minimum atomic E-state index is -3.29. The lowest BCUT2D eigenvalue weighted by Crippen LogP contribution is -2.46. The number of likely N-dealkylation sites (N-methyl/N-ethyl adjacent to an activating group) is 2. The van der Waals surface area contributed by atoms with E-state index in [0.717, 1.165) is 0 Å². The molecule has 0 radical (unpaired) electrons. The van der Waals surface area contributed by atoms with Gasteiger partial charge in [0, 0.05) is 33.7 Å².